The van der Waals surface area contributed by atoms with Crippen LogP contribution < -0.4 is 4.74 Å². The number of hydrogen-bond acceptors (Lipinski definition) is 4. The predicted octanol–water partition coefficient (Wildman–Crippen LogP) is 2.64. The molecule has 132 valence electrons. The van der Waals surface area contributed by atoms with E-state index in [2.05, 4.69) is 23.1 Å². The number of nitrogens with zero attached hydrogens (tertiary/aromatic N) is 2. The highest BCUT2D eigenvalue weighted by atomic mass is 16.5. The molecule has 4 atom stereocenters. The molecule has 1 aromatic rings. The third-order valence-electron chi connectivity index (χ3n) is 7.42. The van der Waals surface area contributed by atoms with Gasteiger partial charge in [-0.3, -0.25) is 4.90 Å². The van der Waals surface area contributed by atoms with Crippen LogP contribution in [0.5, 0.6) is 5.75 Å². The van der Waals surface area contributed by atoms with Gasteiger partial charge in [-0.05, 0) is 74.2 Å². The molecule has 3 fully saturated rings. The topological polar surface area (TPSA) is 56.5 Å². The molecular formula is C21H26N2O2. The number of rotatable bonds is 3. The molecule has 4 aliphatic rings. The molecule has 0 radical (unpaired) electrons. The Balaban J connectivity index is 1.64. The Bertz CT molecular complexity index is 753. The molecule has 2 saturated carbocycles. The van der Waals surface area contributed by atoms with Crippen molar-refractivity contribution in [2.45, 2.75) is 55.6 Å². The molecular weight excluding hydrogens is 312 g/mol. The predicted molar refractivity (Wildman–Crippen MR) is 94.4 cm³/mol. The van der Waals surface area contributed by atoms with Crippen LogP contribution in [0.2, 0.25) is 0 Å². The third-order valence-corrected chi connectivity index (χ3v) is 7.42. The van der Waals surface area contributed by atoms with Gasteiger partial charge in [0.2, 0.25) is 0 Å². The highest BCUT2D eigenvalue weighted by molar-refractivity contribution is 5.49. The second-order valence-electron chi connectivity index (χ2n) is 8.67. The standard InChI is InChI=1S/C21H26N2O2/c1-25-17-5-4-16-8-19-21(24)11-15(12-22)10-20(21,18(16)9-17)6-7-23(19)13-14-2-3-14/h4-5,9,14-15,19,24H,2-3,6-8,10-11,13H2,1H3/t15-,19+,20+,21+/m0/s1. The molecule has 4 heteroatoms. The highest BCUT2D eigenvalue weighted by Crippen LogP contribution is 2.61. The lowest BCUT2D eigenvalue weighted by molar-refractivity contribution is -0.131. The van der Waals surface area contributed by atoms with E-state index in [4.69, 9.17) is 4.74 Å². The molecule has 2 bridgehead atoms. The Morgan fingerprint density at radius 1 is 1.36 bits per heavy atom. The van der Waals surface area contributed by atoms with Crippen LogP contribution in [0.15, 0.2) is 18.2 Å². The summed E-state index contributed by atoms with van der Waals surface area (Å²) in [7, 11) is 1.70. The van der Waals surface area contributed by atoms with Crippen molar-refractivity contribution in [1.82, 2.24) is 4.90 Å². The molecule has 1 heterocycles. The van der Waals surface area contributed by atoms with E-state index in [1.165, 1.54) is 24.0 Å². The van der Waals surface area contributed by atoms with E-state index < -0.39 is 5.60 Å². The minimum atomic E-state index is -0.778. The zero-order valence-electron chi connectivity index (χ0n) is 14.9. The van der Waals surface area contributed by atoms with Gasteiger partial charge in [-0.25, -0.2) is 0 Å². The average molecular weight is 338 g/mol. The minimum Gasteiger partial charge on any atom is -0.497 e. The van der Waals surface area contributed by atoms with Gasteiger partial charge in [0.05, 0.1) is 24.7 Å². The van der Waals surface area contributed by atoms with Crippen LogP contribution in [-0.2, 0) is 11.8 Å². The van der Waals surface area contributed by atoms with Gasteiger partial charge >= 0.3 is 0 Å². The van der Waals surface area contributed by atoms with E-state index in [1.807, 2.05) is 6.07 Å². The average Bonchev–Trinajstić information content (AvgIpc) is 3.37. The molecule has 1 N–H and O–H groups in total. The molecule has 1 aliphatic heterocycles. The minimum absolute atomic E-state index is 0.0504. The molecule has 0 aromatic heterocycles. The van der Waals surface area contributed by atoms with E-state index in [9.17, 15) is 10.4 Å². The SMILES string of the molecule is COc1ccc2c(c1)[C@]13CCN(CC4CC4)[C@H](C2)[C@]1(O)C[C@@H](C#N)C3. The summed E-state index contributed by atoms with van der Waals surface area (Å²) in [5, 5.41) is 21.6. The van der Waals surface area contributed by atoms with Gasteiger partial charge in [0.1, 0.15) is 5.75 Å². The Labute approximate surface area is 149 Å². The summed E-state index contributed by atoms with van der Waals surface area (Å²) in [5.41, 5.74) is 1.53. The molecule has 5 rings (SSSR count). The van der Waals surface area contributed by atoms with Crippen molar-refractivity contribution in [1.29, 1.82) is 5.26 Å². The van der Waals surface area contributed by atoms with Crippen LogP contribution in [0.25, 0.3) is 0 Å². The summed E-state index contributed by atoms with van der Waals surface area (Å²) in [5.74, 6) is 1.63. The van der Waals surface area contributed by atoms with Crippen molar-refractivity contribution in [3.63, 3.8) is 0 Å². The number of aliphatic hydroxyl groups is 1. The molecule has 3 aliphatic carbocycles. The first-order valence-electron chi connectivity index (χ1n) is 9.63. The van der Waals surface area contributed by atoms with Gasteiger partial charge in [-0.15, -0.1) is 0 Å². The van der Waals surface area contributed by atoms with E-state index in [0.29, 0.717) is 6.42 Å². The fourth-order valence-electron chi connectivity index (χ4n) is 6.04. The van der Waals surface area contributed by atoms with Gasteiger partial charge in [-0.1, -0.05) is 6.07 Å². The van der Waals surface area contributed by atoms with E-state index in [1.54, 1.807) is 7.11 Å². The Morgan fingerprint density at radius 3 is 2.92 bits per heavy atom. The van der Waals surface area contributed by atoms with E-state index in [-0.39, 0.29) is 17.4 Å². The first kappa shape index (κ1) is 15.7. The fraction of sp³-hybridized carbons (Fsp3) is 0.667. The lowest BCUT2D eigenvalue weighted by Crippen LogP contribution is -2.69. The first-order chi connectivity index (χ1) is 12.1. The normalized spacial score (nSPS) is 39.4. The molecule has 0 spiro atoms. The second-order valence-corrected chi connectivity index (χ2v) is 8.67. The lowest BCUT2D eigenvalue weighted by Gasteiger charge is -2.59. The van der Waals surface area contributed by atoms with Crippen LogP contribution in [0.4, 0.5) is 0 Å². The van der Waals surface area contributed by atoms with Crippen molar-refractivity contribution < 1.29 is 9.84 Å². The number of likely N-dealkylation sites (tertiary alicyclic amines) is 1. The van der Waals surface area contributed by atoms with Crippen LogP contribution in [0, 0.1) is 23.2 Å². The first-order valence-corrected chi connectivity index (χ1v) is 9.63. The van der Waals surface area contributed by atoms with Gasteiger partial charge in [0.25, 0.3) is 0 Å². The monoisotopic (exact) mass is 338 g/mol. The number of methoxy groups -OCH3 is 1. The highest BCUT2D eigenvalue weighted by Gasteiger charge is 2.67. The number of ether oxygens (including phenoxy) is 1. The molecule has 0 unspecified atom stereocenters. The zero-order chi connectivity index (χ0) is 17.2. The number of benzene rings is 1. The van der Waals surface area contributed by atoms with Crippen LogP contribution in [0.1, 0.15) is 43.2 Å². The van der Waals surface area contributed by atoms with Gasteiger partial charge in [0.15, 0.2) is 0 Å². The maximum Gasteiger partial charge on any atom is 0.119 e. The van der Waals surface area contributed by atoms with Crippen molar-refractivity contribution in [2.24, 2.45) is 11.8 Å². The third kappa shape index (κ3) is 2.06. The Morgan fingerprint density at radius 2 is 2.20 bits per heavy atom. The van der Waals surface area contributed by atoms with Crippen molar-refractivity contribution >= 4 is 0 Å². The molecule has 4 nitrogen and oxygen atoms in total. The smallest absolute Gasteiger partial charge is 0.119 e. The molecule has 1 aromatic carbocycles. The quantitative estimate of drug-likeness (QED) is 0.920. The van der Waals surface area contributed by atoms with Crippen molar-refractivity contribution in [3.05, 3.63) is 29.3 Å². The lowest BCUT2D eigenvalue weighted by atomic mass is 9.56. The summed E-state index contributed by atoms with van der Waals surface area (Å²) in [4.78, 5) is 2.54. The van der Waals surface area contributed by atoms with Crippen LogP contribution in [0.3, 0.4) is 0 Å². The number of nitriles is 1. The summed E-state index contributed by atoms with van der Waals surface area (Å²) in [6.07, 6.45) is 5.91. The summed E-state index contributed by atoms with van der Waals surface area (Å²) in [6.45, 7) is 2.16. The van der Waals surface area contributed by atoms with Crippen molar-refractivity contribution in [3.8, 4) is 11.8 Å². The van der Waals surface area contributed by atoms with Crippen LogP contribution in [-0.4, -0.2) is 41.8 Å². The maximum atomic E-state index is 12.0. The number of fused-ring (bicyclic) bond motifs is 1. The molecule has 1 saturated heterocycles. The van der Waals surface area contributed by atoms with Gasteiger partial charge in [0, 0.05) is 18.0 Å². The largest absolute Gasteiger partial charge is 0.497 e. The Kier molecular flexibility index (Phi) is 3.27. The second kappa shape index (κ2) is 5.22. The van der Waals surface area contributed by atoms with E-state index >= 15 is 0 Å². The number of hydrogen-bond donors (Lipinski definition) is 1. The number of piperidine rings is 1. The van der Waals surface area contributed by atoms with Crippen molar-refractivity contribution in [2.75, 3.05) is 20.2 Å². The van der Waals surface area contributed by atoms with Crippen LogP contribution >= 0.6 is 0 Å². The van der Waals surface area contributed by atoms with Gasteiger partial charge < -0.3 is 9.84 Å². The Hall–Kier alpha value is -1.57. The maximum absolute atomic E-state index is 12.0. The summed E-state index contributed by atoms with van der Waals surface area (Å²) >= 11 is 0. The van der Waals surface area contributed by atoms with Gasteiger partial charge in [-0.2, -0.15) is 5.26 Å². The van der Waals surface area contributed by atoms with E-state index in [0.717, 1.165) is 44.0 Å². The zero-order valence-corrected chi connectivity index (χ0v) is 14.9. The molecule has 0 amide bonds. The molecule has 25 heavy (non-hydrogen) atoms. The summed E-state index contributed by atoms with van der Waals surface area (Å²) < 4.78 is 5.47. The summed E-state index contributed by atoms with van der Waals surface area (Å²) in [6, 6.07) is 8.98. The fourth-order valence-corrected chi connectivity index (χ4v) is 6.04.